The van der Waals surface area contributed by atoms with Gasteiger partial charge in [0, 0.05) is 23.5 Å². The number of rotatable bonds is 6. The first kappa shape index (κ1) is 12.0. The maximum absolute atomic E-state index is 5.69. The molecule has 80 valence electrons. The highest BCUT2D eigenvalue weighted by molar-refractivity contribution is 7.09. The number of halogens is 1. The van der Waals surface area contributed by atoms with Crippen LogP contribution < -0.4 is 0 Å². The molecule has 0 saturated carbocycles. The van der Waals surface area contributed by atoms with E-state index in [1.807, 2.05) is 11.6 Å². The summed E-state index contributed by atoms with van der Waals surface area (Å²) in [5.41, 5.74) is 0. The van der Waals surface area contributed by atoms with Crippen LogP contribution in [-0.4, -0.2) is 28.4 Å². The molecule has 0 aliphatic carbocycles. The second kappa shape index (κ2) is 6.38. The molecule has 0 aromatic carbocycles. The van der Waals surface area contributed by atoms with Gasteiger partial charge in [0.15, 0.2) is 0 Å². The van der Waals surface area contributed by atoms with Gasteiger partial charge in [0.1, 0.15) is 5.01 Å². The Morgan fingerprint density at radius 1 is 1.57 bits per heavy atom. The molecule has 0 spiro atoms. The maximum Gasteiger partial charge on any atom is 0.107 e. The molecule has 0 bridgehead atoms. The van der Waals surface area contributed by atoms with Crippen molar-refractivity contribution in [3.05, 3.63) is 16.6 Å². The number of hydrogen-bond acceptors (Lipinski definition) is 3. The molecule has 0 saturated heterocycles. The highest BCUT2D eigenvalue weighted by Crippen LogP contribution is 2.11. The zero-order chi connectivity index (χ0) is 10.4. The molecular formula is C10H17ClN2S. The monoisotopic (exact) mass is 232 g/mol. The van der Waals surface area contributed by atoms with Crippen molar-refractivity contribution in [2.75, 3.05) is 12.4 Å². The molecule has 4 heteroatoms. The first-order valence-corrected chi connectivity index (χ1v) is 6.34. The Balaban J connectivity index is 2.43. The van der Waals surface area contributed by atoms with Gasteiger partial charge in [-0.05, 0) is 26.8 Å². The van der Waals surface area contributed by atoms with Crippen LogP contribution in [0, 0.1) is 0 Å². The molecule has 0 amide bonds. The minimum Gasteiger partial charge on any atom is -0.294 e. The quantitative estimate of drug-likeness (QED) is 0.701. The summed E-state index contributed by atoms with van der Waals surface area (Å²) in [5.74, 6) is 0.737. The van der Waals surface area contributed by atoms with Crippen LogP contribution in [0.5, 0.6) is 0 Å². The van der Waals surface area contributed by atoms with E-state index in [-0.39, 0.29) is 0 Å². The lowest BCUT2D eigenvalue weighted by Crippen LogP contribution is -2.31. The van der Waals surface area contributed by atoms with E-state index in [0.29, 0.717) is 6.04 Å². The maximum atomic E-state index is 5.69. The van der Waals surface area contributed by atoms with E-state index in [9.17, 15) is 0 Å². The van der Waals surface area contributed by atoms with Crippen molar-refractivity contribution in [1.29, 1.82) is 0 Å². The molecule has 0 aliphatic heterocycles. The summed E-state index contributed by atoms with van der Waals surface area (Å²) in [6.07, 6.45) is 2.91. The van der Waals surface area contributed by atoms with Gasteiger partial charge in [-0.3, -0.25) is 4.90 Å². The lowest BCUT2D eigenvalue weighted by atomic mass is 10.3. The van der Waals surface area contributed by atoms with Crippen molar-refractivity contribution in [3.63, 3.8) is 0 Å². The third-order valence-corrected chi connectivity index (χ3v) is 3.16. The third-order valence-electron chi connectivity index (χ3n) is 2.13. The average Bonchev–Trinajstić information content (AvgIpc) is 2.64. The summed E-state index contributed by atoms with van der Waals surface area (Å²) < 4.78 is 0. The normalized spacial score (nSPS) is 11.5. The van der Waals surface area contributed by atoms with Gasteiger partial charge < -0.3 is 0 Å². The zero-order valence-electron chi connectivity index (χ0n) is 8.74. The summed E-state index contributed by atoms with van der Waals surface area (Å²) in [5, 5.41) is 3.21. The van der Waals surface area contributed by atoms with Gasteiger partial charge in [-0.25, -0.2) is 4.98 Å². The molecule has 1 aromatic heterocycles. The van der Waals surface area contributed by atoms with E-state index in [4.69, 9.17) is 11.6 Å². The van der Waals surface area contributed by atoms with Gasteiger partial charge in [-0.1, -0.05) is 0 Å². The number of thiazole rings is 1. The van der Waals surface area contributed by atoms with E-state index < -0.39 is 0 Å². The van der Waals surface area contributed by atoms with Crippen molar-refractivity contribution < 1.29 is 0 Å². The lowest BCUT2D eigenvalue weighted by molar-refractivity contribution is 0.213. The van der Waals surface area contributed by atoms with Gasteiger partial charge in [0.05, 0.1) is 6.54 Å². The van der Waals surface area contributed by atoms with Crippen LogP contribution in [0.3, 0.4) is 0 Å². The van der Waals surface area contributed by atoms with Crippen LogP contribution >= 0.6 is 22.9 Å². The first-order chi connectivity index (χ1) is 6.74. The van der Waals surface area contributed by atoms with Gasteiger partial charge >= 0.3 is 0 Å². The van der Waals surface area contributed by atoms with E-state index in [1.54, 1.807) is 11.3 Å². The van der Waals surface area contributed by atoms with E-state index in [2.05, 4.69) is 23.7 Å². The fourth-order valence-corrected chi connectivity index (χ4v) is 2.05. The van der Waals surface area contributed by atoms with Crippen LogP contribution in [0.1, 0.15) is 25.3 Å². The van der Waals surface area contributed by atoms with Crippen molar-refractivity contribution in [3.8, 4) is 0 Å². The zero-order valence-corrected chi connectivity index (χ0v) is 10.3. The van der Waals surface area contributed by atoms with Gasteiger partial charge in [0.25, 0.3) is 0 Å². The van der Waals surface area contributed by atoms with Crippen molar-refractivity contribution in [2.45, 2.75) is 32.9 Å². The molecule has 0 unspecified atom stereocenters. The Morgan fingerprint density at radius 3 is 2.86 bits per heavy atom. The molecule has 2 nitrogen and oxygen atoms in total. The van der Waals surface area contributed by atoms with E-state index in [1.165, 1.54) is 5.01 Å². The van der Waals surface area contributed by atoms with Crippen LogP contribution in [0.2, 0.25) is 0 Å². The molecule has 0 N–H and O–H groups in total. The van der Waals surface area contributed by atoms with E-state index in [0.717, 1.165) is 25.4 Å². The van der Waals surface area contributed by atoms with E-state index >= 15 is 0 Å². The van der Waals surface area contributed by atoms with Gasteiger partial charge in [0.2, 0.25) is 0 Å². The molecule has 1 aromatic rings. The fraction of sp³-hybridized carbons (Fsp3) is 0.700. The largest absolute Gasteiger partial charge is 0.294 e. The van der Waals surface area contributed by atoms with Gasteiger partial charge in [-0.2, -0.15) is 0 Å². The summed E-state index contributed by atoms with van der Waals surface area (Å²) >= 11 is 7.41. The van der Waals surface area contributed by atoms with Crippen LogP contribution in [-0.2, 0) is 6.54 Å². The first-order valence-electron chi connectivity index (χ1n) is 4.92. The summed E-state index contributed by atoms with van der Waals surface area (Å²) in [6.45, 7) is 6.43. The molecular weight excluding hydrogens is 216 g/mol. The molecule has 0 atom stereocenters. The Kier molecular flexibility index (Phi) is 5.45. The highest BCUT2D eigenvalue weighted by Gasteiger charge is 2.10. The van der Waals surface area contributed by atoms with Crippen molar-refractivity contribution in [1.82, 2.24) is 9.88 Å². The smallest absolute Gasteiger partial charge is 0.107 e. The predicted octanol–water partition coefficient (Wildman–Crippen LogP) is 2.98. The van der Waals surface area contributed by atoms with Crippen LogP contribution in [0.4, 0.5) is 0 Å². The number of alkyl halides is 1. The number of hydrogen-bond donors (Lipinski definition) is 0. The third kappa shape index (κ3) is 3.95. The predicted molar refractivity (Wildman–Crippen MR) is 63.0 cm³/mol. The molecule has 0 aliphatic rings. The summed E-state index contributed by atoms with van der Waals surface area (Å²) in [4.78, 5) is 6.69. The molecule has 0 radical (unpaired) electrons. The number of aromatic nitrogens is 1. The Hall–Kier alpha value is -0.120. The number of nitrogens with zero attached hydrogens (tertiary/aromatic N) is 2. The van der Waals surface area contributed by atoms with Crippen molar-refractivity contribution in [2.24, 2.45) is 0 Å². The lowest BCUT2D eigenvalue weighted by Gasteiger charge is -2.24. The molecule has 1 rings (SSSR count). The van der Waals surface area contributed by atoms with Crippen molar-refractivity contribution >= 4 is 22.9 Å². The minimum atomic E-state index is 0.558. The molecule has 14 heavy (non-hydrogen) atoms. The summed E-state index contributed by atoms with van der Waals surface area (Å²) in [7, 11) is 0. The van der Waals surface area contributed by atoms with Gasteiger partial charge in [-0.15, -0.1) is 22.9 Å². The Morgan fingerprint density at radius 2 is 2.36 bits per heavy atom. The standard InChI is InChI=1S/C10H17ClN2S/c1-9(2)13(6-3-4-11)8-10-12-5-7-14-10/h5,7,9H,3-4,6,8H2,1-2H3. The Bertz CT molecular complexity index is 236. The summed E-state index contributed by atoms with van der Waals surface area (Å²) in [6, 6.07) is 0.558. The molecule has 1 heterocycles. The van der Waals surface area contributed by atoms with Crippen LogP contribution in [0.25, 0.3) is 0 Å². The Labute approximate surface area is 94.9 Å². The minimum absolute atomic E-state index is 0.558. The fourth-order valence-electron chi connectivity index (χ4n) is 1.29. The highest BCUT2D eigenvalue weighted by atomic mass is 35.5. The second-order valence-corrected chi connectivity index (χ2v) is 4.89. The average molecular weight is 233 g/mol. The second-order valence-electron chi connectivity index (χ2n) is 3.53. The van der Waals surface area contributed by atoms with Crippen LogP contribution in [0.15, 0.2) is 11.6 Å². The topological polar surface area (TPSA) is 16.1 Å². The molecule has 0 fully saturated rings. The SMILES string of the molecule is CC(C)N(CCCCl)Cc1nccs1.